The molecular formula is C23H25N3O3. The molecule has 0 saturated carbocycles. The highest BCUT2D eigenvalue weighted by Gasteiger charge is 2.20. The number of benzene rings is 2. The second kappa shape index (κ2) is 7.99. The second-order valence-corrected chi connectivity index (χ2v) is 7.51. The molecule has 1 aliphatic heterocycles. The molecule has 0 atom stereocenters. The van der Waals surface area contributed by atoms with Crippen molar-refractivity contribution in [3.05, 3.63) is 59.8 Å². The van der Waals surface area contributed by atoms with Crippen molar-refractivity contribution in [2.45, 2.75) is 26.2 Å². The molecule has 1 N–H and O–H groups in total. The van der Waals surface area contributed by atoms with Crippen LogP contribution in [0.4, 0.5) is 5.69 Å². The van der Waals surface area contributed by atoms with Crippen molar-refractivity contribution in [1.29, 1.82) is 0 Å². The molecule has 2 heterocycles. The lowest BCUT2D eigenvalue weighted by Crippen LogP contribution is -2.12. The van der Waals surface area contributed by atoms with Crippen LogP contribution in [-0.4, -0.2) is 28.9 Å². The van der Waals surface area contributed by atoms with Gasteiger partial charge >= 0.3 is 0 Å². The summed E-state index contributed by atoms with van der Waals surface area (Å²) >= 11 is 0. The van der Waals surface area contributed by atoms with Gasteiger partial charge in [-0.15, -0.1) is 0 Å². The fourth-order valence-corrected chi connectivity index (χ4v) is 3.33. The first-order valence-electron chi connectivity index (χ1n) is 9.86. The highest BCUT2D eigenvalue weighted by molar-refractivity contribution is 6.08. The molecule has 1 aromatic heterocycles. The number of hydrogen-bond acceptors (Lipinski definition) is 4. The Labute approximate surface area is 170 Å². The van der Waals surface area contributed by atoms with E-state index < -0.39 is 0 Å². The zero-order chi connectivity index (χ0) is 20.4. The number of anilines is 1. The summed E-state index contributed by atoms with van der Waals surface area (Å²) in [5.41, 5.74) is 3.93. The average Bonchev–Trinajstić information content (AvgIpc) is 2.95. The summed E-state index contributed by atoms with van der Waals surface area (Å²) in [6.45, 7) is 5.53. The van der Waals surface area contributed by atoms with Gasteiger partial charge in [0.2, 0.25) is 0 Å². The monoisotopic (exact) mass is 391 g/mol. The Morgan fingerprint density at radius 3 is 2.52 bits per heavy atom. The number of nitrogens with zero attached hydrogens (tertiary/aromatic N) is 2. The predicted molar refractivity (Wildman–Crippen MR) is 113 cm³/mol. The van der Waals surface area contributed by atoms with Crippen molar-refractivity contribution >= 4 is 11.6 Å². The Kier molecular flexibility index (Phi) is 5.25. The Morgan fingerprint density at radius 2 is 1.79 bits per heavy atom. The molecule has 0 unspecified atom stereocenters. The summed E-state index contributed by atoms with van der Waals surface area (Å²) in [5, 5.41) is 7.48. The lowest BCUT2D eigenvalue weighted by molar-refractivity contribution is 0.102. The molecule has 0 bridgehead atoms. The largest absolute Gasteiger partial charge is 0.490 e. The van der Waals surface area contributed by atoms with Gasteiger partial charge in [0.15, 0.2) is 11.5 Å². The number of aromatic nitrogens is 2. The molecule has 3 aromatic rings. The number of aryl methyl sites for hydroxylation is 1. The number of amides is 1. The summed E-state index contributed by atoms with van der Waals surface area (Å²) in [6, 6.07) is 13.6. The van der Waals surface area contributed by atoms with Gasteiger partial charge in [0.25, 0.3) is 5.91 Å². The van der Waals surface area contributed by atoms with Crippen molar-refractivity contribution in [2.75, 3.05) is 18.5 Å². The molecule has 0 spiro atoms. The third-order valence-corrected chi connectivity index (χ3v) is 4.93. The summed E-state index contributed by atoms with van der Waals surface area (Å²) in [5.74, 6) is 1.65. The number of nitrogens with one attached hydrogen (secondary N) is 1. The first-order valence-corrected chi connectivity index (χ1v) is 9.86. The molecule has 0 radical (unpaired) electrons. The van der Waals surface area contributed by atoms with Gasteiger partial charge in [-0.05, 0) is 41.8 Å². The summed E-state index contributed by atoms with van der Waals surface area (Å²) in [7, 11) is 1.81. The maximum Gasteiger partial charge on any atom is 0.259 e. The molecule has 1 amide bonds. The van der Waals surface area contributed by atoms with Gasteiger partial charge in [0.05, 0.1) is 18.8 Å². The van der Waals surface area contributed by atoms with Crippen LogP contribution in [0, 0.1) is 0 Å². The molecule has 150 valence electrons. The fourth-order valence-electron chi connectivity index (χ4n) is 3.33. The Balaban J connectivity index is 1.61. The van der Waals surface area contributed by atoms with Crippen LogP contribution in [0.15, 0.2) is 48.7 Å². The standard InChI is InChI=1S/C23H25N3O3/c1-15(2)16-5-8-18(9-6-16)24-23(27)19-14-26(3)25-22(19)17-7-10-20-21(13-17)29-12-4-11-28-20/h5-10,13-15H,4,11-12H2,1-3H3,(H,24,27). The molecule has 6 heteroatoms. The molecule has 0 saturated heterocycles. The van der Waals surface area contributed by atoms with Crippen molar-refractivity contribution in [2.24, 2.45) is 7.05 Å². The second-order valence-electron chi connectivity index (χ2n) is 7.51. The maximum atomic E-state index is 13.0. The van der Waals surface area contributed by atoms with Crippen LogP contribution < -0.4 is 14.8 Å². The number of rotatable bonds is 4. The van der Waals surface area contributed by atoms with Gasteiger partial charge in [-0.2, -0.15) is 5.10 Å². The SMILES string of the molecule is CC(C)c1ccc(NC(=O)c2cn(C)nc2-c2ccc3c(c2)OCCCO3)cc1. The molecule has 0 aliphatic carbocycles. The van der Waals surface area contributed by atoms with E-state index in [9.17, 15) is 4.79 Å². The lowest BCUT2D eigenvalue weighted by atomic mass is 10.0. The van der Waals surface area contributed by atoms with Gasteiger partial charge < -0.3 is 14.8 Å². The van der Waals surface area contributed by atoms with Crippen molar-refractivity contribution in [3.8, 4) is 22.8 Å². The highest BCUT2D eigenvalue weighted by atomic mass is 16.5. The Bertz CT molecular complexity index is 1020. The van der Waals surface area contributed by atoms with E-state index in [2.05, 4.69) is 24.3 Å². The van der Waals surface area contributed by atoms with E-state index in [4.69, 9.17) is 9.47 Å². The van der Waals surface area contributed by atoms with E-state index in [1.54, 1.807) is 17.9 Å². The number of hydrogen-bond donors (Lipinski definition) is 1. The van der Waals surface area contributed by atoms with Crippen LogP contribution in [-0.2, 0) is 7.05 Å². The normalized spacial score (nSPS) is 13.2. The summed E-state index contributed by atoms with van der Waals surface area (Å²) < 4.78 is 13.1. The minimum atomic E-state index is -0.197. The number of carbonyl (C=O) groups is 1. The van der Waals surface area contributed by atoms with Gasteiger partial charge in [0, 0.05) is 30.9 Å². The number of fused-ring (bicyclic) bond motifs is 1. The lowest BCUT2D eigenvalue weighted by Gasteiger charge is -2.10. The van der Waals surface area contributed by atoms with Crippen LogP contribution in [0.3, 0.4) is 0 Å². The average molecular weight is 391 g/mol. The van der Waals surface area contributed by atoms with Crippen LogP contribution in [0.25, 0.3) is 11.3 Å². The molecule has 1 aliphatic rings. The van der Waals surface area contributed by atoms with Crippen molar-refractivity contribution in [1.82, 2.24) is 9.78 Å². The Hall–Kier alpha value is -3.28. The minimum absolute atomic E-state index is 0.197. The molecule has 29 heavy (non-hydrogen) atoms. The third-order valence-electron chi connectivity index (χ3n) is 4.93. The topological polar surface area (TPSA) is 65.4 Å². The van der Waals surface area contributed by atoms with Crippen LogP contribution in [0.5, 0.6) is 11.5 Å². The maximum absolute atomic E-state index is 13.0. The van der Waals surface area contributed by atoms with Gasteiger partial charge in [0.1, 0.15) is 5.69 Å². The van der Waals surface area contributed by atoms with E-state index >= 15 is 0 Å². The van der Waals surface area contributed by atoms with Crippen LogP contribution in [0.2, 0.25) is 0 Å². The third kappa shape index (κ3) is 4.11. The Morgan fingerprint density at radius 1 is 1.07 bits per heavy atom. The fraction of sp³-hybridized carbons (Fsp3) is 0.304. The van der Waals surface area contributed by atoms with E-state index in [0.717, 1.165) is 23.4 Å². The molecule has 2 aromatic carbocycles. The summed E-state index contributed by atoms with van der Waals surface area (Å²) in [6.07, 6.45) is 2.58. The minimum Gasteiger partial charge on any atom is -0.490 e. The van der Waals surface area contributed by atoms with E-state index in [-0.39, 0.29) is 5.91 Å². The van der Waals surface area contributed by atoms with Crippen molar-refractivity contribution in [3.63, 3.8) is 0 Å². The van der Waals surface area contributed by atoms with E-state index in [1.165, 1.54) is 5.56 Å². The first kappa shape index (κ1) is 19.1. The highest BCUT2D eigenvalue weighted by Crippen LogP contribution is 2.35. The zero-order valence-electron chi connectivity index (χ0n) is 16.9. The van der Waals surface area contributed by atoms with Crippen LogP contribution in [0.1, 0.15) is 42.1 Å². The predicted octanol–water partition coefficient (Wildman–Crippen LogP) is 4.62. The number of ether oxygens (including phenoxy) is 2. The van der Waals surface area contributed by atoms with Crippen LogP contribution >= 0.6 is 0 Å². The van der Waals surface area contributed by atoms with Gasteiger partial charge in [-0.25, -0.2) is 0 Å². The van der Waals surface area contributed by atoms with E-state index in [1.807, 2.05) is 42.5 Å². The molecule has 0 fully saturated rings. The van der Waals surface area contributed by atoms with Crippen molar-refractivity contribution < 1.29 is 14.3 Å². The van der Waals surface area contributed by atoms with Gasteiger partial charge in [-0.3, -0.25) is 9.48 Å². The molecule has 6 nitrogen and oxygen atoms in total. The quantitative estimate of drug-likeness (QED) is 0.705. The zero-order valence-corrected chi connectivity index (χ0v) is 16.9. The molecular weight excluding hydrogens is 366 g/mol. The smallest absolute Gasteiger partial charge is 0.259 e. The number of carbonyl (C=O) groups excluding carboxylic acids is 1. The molecule has 4 rings (SSSR count). The first-order chi connectivity index (χ1) is 14.0. The summed E-state index contributed by atoms with van der Waals surface area (Å²) in [4.78, 5) is 13.0. The van der Waals surface area contributed by atoms with E-state index in [0.29, 0.717) is 36.1 Å². The van der Waals surface area contributed by atoms with Gasteiger partial charge in [-0.1, -0.05) is 26.0 Å².